The number of fused-ring (bicyclic) bond motifs is 1. The van der Waals surface area contributed by atoms with Crippen LogP contribution >= 0.6 is 11.3 Å². The second kappa shape index (κ2) is 6.75. The summed E-state index contributed by atoms with van der Waals surface area (Å²) in [5.74, 6) is -0.159. The molecule has 1 atom stereocenters. The molecule has 4 nitrogen and oxygen atoms in total. The van der Waals surface area contributed by atoms with E-state index in [1.165, 1.54) is 17.4 Å². The monoisotopic (exact) mass is 362 g/mol. The number of hydrogen-bond donors (Lipinski definition) is 0. The van der Waals surface area contributed by atoms with Crippen LogP contribution in [0.5, 0.6) is 5.75 Å². The molecule has 0 spiro atoms. The Kier molecular flexibility index (Phi) is 4.82. The lowest BCUT2D eigenvalue weighted by molar-refractivity contribution is 0.0537. The predicted octanol–water partition coefficient (Wildman–Crippen LogP) is 4.29. The first-order chi connectivity index (χ1) is 11.8. The van der Waals surface area contributed by atoms with Gasteiger partial charge < -0.3 is 9.64 Å². The summed E-state index contributed by atoms with van der Waals surface area (Å²) >= 11 is 1.35. The van der Waals surface area contributed by atoms with E-state index in [0.29, 0.717) is 16.4 Å². The largest absolute Gasteiger partial charge is 0.483 e. The summed E-state index contributed by atoms with van der Waals surface area (Å²) in [6, 6.07) is 6.43. The molecule has 0 aliphatic carbocycles. The van der Waals surface area contributed by atoms with Gasteiger partial charge in [0.1, 0.15) is 16.5 Å². The van der Waals surface area contributed by atoms with Crippen LogP contribution in [0.15, 0.2) is 24.3 Å². The first kappa shape index (κ1) is 17.9. The molecule has 0 bridgehead atoms. The van der Waals surface area contributed by atoms with E-state index in [0.717, 1.165) is 12.1 Å². The molecule has 0 saturated carbocycles. The second-order valence-corrected chi connectivity index (χ2v) is 8.48. The Labute approximate surface area is 151 Å². The van der Waals surface area contributed by atoms with E-state index in [9.17, 15) is 9.18 Å². The SMILES string of the molecule is C[C@@H](N1CCc2nc(COc3ccccc3F)sc2C1=O)C(C)(C)C. The van der Waals surface area contributed by atoms with E-state index in [4.69, 9.17) is 4.74 Å². The predicted molar refractivity (Wildman–Crippen MR) is 96.5 cm³/mol. The van der Waals surface area contributed by atoms with Gasteiger partial charge >= 0.3 is 0 Å². The summed E-state index contributed by atoms with van der Waals surface area (Å²) in [4.78, 5) is 20.0. The highest BCUT2D eigenvalue weighted by Crippen LogP contribution is 2.31. The molecule has 0 fully saturated rings. The van der Waals surface area contributed by atoms with Gasteiger partial charge in [-0.05, 0) is 24.5 Å². The molecule has 2 aromatic rings. The number of hydrogen-bond acceptors (Lipinski definition) is 4. The molecule has 0 radical (unpaired) electrons. The second-order valence-electron chi connectivity index (χ2n) is 7.39. The number of rotatable bonds is 4. The lowest BCUT2D eigenvalue weighted by atomic mass is 9.86. The smallest absolute Gasteiger partial charge is 0.266 e. The summed E-state index contributed by atoms with van der Waals surface area (Å²) in [6.45, 7) is 9.36. The molecule has 1 aliphatic rings. The zero-order valence-electron chi connectivity index (χ0n) is 15.0. The Morgan fingerprint density at radius 3 is 2.76 bits per heavy atom. The molecular weight excluding hydrogens is 339 g/mol. The number of carbonyl (C=O) groups is 1. The number of benzene rings is 1. The Morgan fingerprint density at radius 1 is 1.36 bits per heavy atom. The van der Waals surface area contributed by atoms with Crippen LogP contribution in [0, 0.1) is 11.2 Å². The highest BCUT2D eigenvalue weighted by atomic mass is 32.1. The molecule has 6 heteroatoms. The molecule has 1 aliphatic heterocycles. The van der Waals surface area contributed by atoms with Crippen LogP contribution in [0.1, 0.15) is 48.1 Å². The molecule has 0 N–H and O–H groups in total. The number of para-hydroxylation sites is 1. The van der Waals surface area contributed by atoms with Gasteiger partial charge in [0.15, 0.2) is 11.6 Å². The third-order valence-electron chi connectivity index (χ3n) is 4.69. The fraction of sp³-hybridized carbons (Fsp3) is 0.474. The van der Waals surface area contributed by atoms with Crippen LogP contribution < -0.4 is 4.74 Å². The topological polar surface area (TPSA) is 42.4 Å². The van der Waals surface area contributed by atoms with Crippen molar-refractivity contribution in [1.82, 2.24) is 9.88 Å². The zero-order chi connectivity index (χ0) is 18.2. The Bertz CT molecular complexity index is 782. The number of amides is 1. The quantitative estimate of drug-likeness (QED) is 0.815. The van der Waals surface area contributed by atoms with Gasteiger partial charge in [-0.15, -0.1) is 11.3 Å². The van der Waals surface area contributed by atoms with Gasteiger partial charge in [-0.25, -0.2) is 9.37 Å². The Hall–Kier alpha value is -1.95. The van der Waals surface area contributed by atoms with Crippen molar-refractivity contribution < 1.29 is 13.9 Å². The van der Waals surface area contributed by atoms with Crippen molar-refractivity contribution in [2.45, 2.75) is 46.8 Å². The van der Waals surface area contributed by atoms with Crippen LogP contribution in [0.3, 0.4) is 0 Å². The van der Waals surface area contributed by atoms with Gasteiger partial charge in [0, 0.05) is 19.0 Å². The first-order valence-corrected chi connectivity index (χ1v) is 9.26. The van der Waals surface area contributed by atoms with Crippen LogP contribution in [0.2, 0.25) is 0 Å². The van der Waals surface area contributed by atoms with Gasteiger partial charge in [0.05, 0.1) is 5.69 Å². The van der Waals surface area contributed by atoms with Gasteiger partial charge in [-0.1, -0.05) is 32.9 Å². The number of thiazole rings is 1. The fourth-order valence-electron chi connectivity index (χ4n) is 2.80. The zero-order valence-corrected chi connectivity index (χ0v) is 15.8. The van der Waals surface area contributed by atoms with Crippen molar-refractivity contribution in [3.05, 3.63) is 45.7 Å². The Morgan fingerprint density at radius 2 is 2.08 bits per heavy atom. The van der Waals surface area contributed by atoms with Gasteiger partial charge in [-0.2, -0.15) is 0 Å². The van der Waals surface area contributed by atoms with E-state index in [1.54, 1.807) is 18.2 Å². The molecule has 134 valence electrons. The average Bonchev–Trinajstić information content (AvgIpc) is 2.97. The van der Waals surface area contributed by atoms with Crippen LogP contribution in [0.4, 0.5) is 4.39 Å². The lowest BCUT2D eigenvalue weighted by Crippen LogP contribution is -2.48. The summed E-state index contributed by atoms with van der Waals surface area (Å²) < 4.78 is 19.1. The van der Waals surface area contributed by atoms with Crippen molar-refractivity contribution in [3.63, 3.8) is 0 Å². The minimum Gasteiger partial charge on any atom is -0.483 e. The van der Waals surface area contributed by atoms with Crippen molar-refractivity contribution in [2.75, 3.05) is 6.54 Å². The van der Waals surface area contributed by atoms with Crippen LogP contribution in [-0.4, -0.2) is 28.4 Å². The normalized spacial score (nSPS) is 15.9. The molecule has 0 unspecified atom stereocenters. The van der Waals surface area contributed by atoms with E-state index in [-0.39, 0.29) is 29.7 Å². The molecular formula is C19H23FN2O2S. The number of halogens is 1. The van der Waals surface area contributed by atoms with E-state index in [1.807, 2.05) is 4.90 Å². The highest BCUT2D eigenvalue weighted by Gasteiger charge is 2.35. The molecule has 3 rings (SSSR count). The van der Waals surface area contributed by atoms with Crippen LogP contribution in [0.25, 0.3) is 0 Å². The number of aromatic nitrogens is 1. The third-order valence-corrected chi connectivity index (χ3v) is 5.75. The van der Waals surface area contributed by atoms with Crippen molar-refractivity contribution >= 4 is 17.2 Å². The third kappa shape index (κ3) is 3.68. The van der Waals surface area contributed by atoms with Crippen LogP contribution in [-0.2, 0) is 13.0 Å². The fourth-order valence-corrected chi connectivity index (χ4v) is 3.78. The summed E-state index contributed by atoms with van der Waals surface area (Å²) in [6.07, 6.45) is 0.748. The molecule has 1 aromatic carbocycles. The maximum atomic E-state index is 13.6. The Balaban J connectivity index is 1.74. The maximum Gasteiger partial charge on any atom is 0.266 e. The molecule has 2 heterocycles. The lowest BCUT2D eigenvalue weighted by Gasteiger charge is -2.39. The average molecular weight is 362 g/mol. The number of nitrogens with zero attached hydrogens (tertiary/aromatic N) is 2. The maximum absolute atomic E-state index is 13.6. The molecule has 0 saturated heterocycles. The first-order valence-electron chi connectivity index (χ1n) is 8.44. The summed E-state index contributed by atoms with van der Waals surface area (Å²) in [5.41, 5.74) is 0.855. The van der Waals surface area contributed by atoms with E-state index < -0.39 is 5.82 Å². The van der Waals surface area contributed by atoms with Gasteiger partial charge in [0.25, 0.3) is 5.91 Å². The standard InChI is InChI=1S/C19H23FN2O2S/c1-12(19(2,3)4)22-10-9-14-17(18(22)23)25-16(21-14)11-24-15-8-6-5-7-13(15)20/h5-8,12H,9-11H2,1-4H3/t12-/m1/s1. The van der Waals surface area contributed by atoms with Crippen molar-refractivity contribution in [3.8, 4) is 5.75 Å². The molecule has 1 aromatic heterocycles. The van der Waals surface area contributed by atoms with Gasteiger partial charge in [-0.3, -0.25) is 4.79 Å². The summed E-state index contributed by atoms with van der Waals surface area (Å²) in [5, 5.41) is 0.701. The number of carbonyl (C=O) groups excluding carboxylic acids is 1. The minimum absolute atomic E-state index is 0.0224. The molecule has 25 heavy (non-hydrogen) atoms. The molecule has 1 amide bonds. The van der Waals surface area contributed by atoms with Gasteiger partial charge in [0.2, 0.25) is 0 Å². The highest BCUT2D eigenvalue weighted by molar-refractivity contribution is 7.13. The van der Waals surface area contributed by atoms with Crippen molar-refractivity contribution in [1.29, 1.82) is 0 Å². The number of ether oxygens (including phenoxy) is 1. The summed E-state index contributed by atoms with van der Waals surface area (Å²) in [7, 11) is 0. The van der Waals surface area contributed by atoms with Crippen molar-refractivity contribution in [2.24, 2.45) is 5.41 Å². The van der Waals surface area contributed by atoms with E-state index in [2.05, 4.69) is 32.7 Å². The minimum atomic E-state index is -0.398. The van der Waals surface area contributed by atoms with E-state index >= 15 is 0 Å².